The van der Waals surface area contributed by atoms with Gasteiger partial charge in [0.1, 0.15) is 0 Å². The number of hydrogen-bond acceptors (Lipinski definition) is 0. The Kier molecular flexibility index (Phi) is 1.45. The van der Waals surface area contributed by atoms with Crippen LogP contribution < -0.4 is 0 Å². The van der Waals surface area contributed by atoms with E-state index in [9.17, 15) is 0 Å². The third-order valence-electron chi connectivity index (χ3n) is 2.75. The van der Waals surface area contributed by atoms with Crippen molar-refractivity contribution in [2.75, 3.05) is 0 Å². The van der Waals surface area contributed by atoms with E-state index in [-0.39, 0.29) is 0 Å². The summed E-state index contributed by atoms with van der Waals surface area (Å²) in [5.41, 5.74) is 3.71. The van der Waals surface area contributed by atoms with E-state index in [2.05, 4.69) is 32.4 Å². The Bertz CT molecular complexity index is 228. The molecule has 0 aromatic rings. The van der Waals surface area contributed by atoms with Crippen LogP contribution in [0.5, 0.6) is 0 Å². The van der Waals surface area contributed by atoms with Crippen molar-refractivity contribution in [1.29, 1.82) is 0 Å². The van der Waals surface area contributed by atoms with Gasteiger partial charge in [0.25, 0.3) is 0 Å². The van der Waals surface area contributed by atoms with Crippen LogP contribution in [0.4, 0.5) is 0 Å². The monoisotopic (exact) mass is 147 g/mol. The highest BCUT2D eigenvalue weighted by atomic mass is 14.3. The highest BCUT2D eigenvalue weighted by molar-refractivity contribution is 5.43. The zero-order valence-electron chi connectivity index (χ0n) is 7.35. The molecule has 2 aliphatic carbocycles. The molecule has 0 heteroatoms. The van der Waals surface area contributed by atoms with Crippen LogP contribution in [0.1, 0.15) is 33.1 Å². The van der Waals surface area contributed by atoms with Gasteiger partial charge >= 0.3 is 0 Å². The zero-order chi connectivity index (χ0) is 7.90. The molecule has 0 spiro atoms. The van der Waals surface area contributed by atoms with Gasteiger partial charge in [0.2, 0.25) is 0 Å². The lowest BCUT2D eigenvalue weighted by atomic mass is 9.75. The van der Waals surface area contributed by atoms with Gasteiger partial charge in [0, 0.05) is 6.42 Å². The SMILES string of the molecule is CC1(C)CCC2=C(C=C[CH]2)C1. The second-order valence-corrected chi connectivity index (χ2v) is 4.42. The predicted octanol–water partition coefficient (Wildman–Crippen LogP) is 3.27. The molecule has 2 rings (SSSR count). The zero-order valence-corrected chi connectivity index (χ0v) is 7.35. The molecule has 1 radical (unpaired) electrons. The average molecular weight is 147 g/mol. The molecule has 0 heterocycles. The summed E-state index contributed by atoms with van der Waals surface area (Å²) in [6.45, 7) is 4.73. The maximum atomic E-state index is 2.36. The van der Waals surface area contributed by atoms with Crippen molar-refractivity contribution in [2.24, 2.45) is 5.41 Å². The first-order valence-electron chi connectivity index (χ1n) is 4.41. The molecule has 0 bridgehead atoms. The van der Waals surface area contributed by atoms with Gasteiger partial charge in [0.15, 0.2) is 0 Å². The summed E-state index contributed by atoms with van der Waals surface area (Å²) in [4.78, 5) is 0. The Hall–Kier alpha value is -0.520. The number of allylic oxidation sites excluding steroid dienone is 4. The summed E-state index contributed by atoms with van der Waals surface area (Å²) in [6, 6.07) is 0. The molecule has 0 saturated heterocycles. The van der Waals surface area contributed by atoms with E-state index in [4.69, 9.17) is 0 Å². The first-order valence-corrected chi connectivity index (χ1v) is 4.41. The van der Waals surface area contributed by atoms with Gasteiger partial charge < -0.3 is 0 Å². The maximum Gasteiger partial charge on any atom is 0.00864 e. The van der Waals surface area contributed by atoms with Crippen LogP contribution in [0.3, 0.4) is 0 Å². The molecule has 0 N–H and O–H groups in total. The summed E-state index contributed by atoms with van der Waals surface area (Å²) >= 11 is 0. The molecular formula is C11H15. The normalized spacial score (nSPS) is 27.5. The Morgan fingerprint density at radius 2 is 2.09 bits per heavy atom. The summed E-state index contributed by atoms with van der Waals surface area (Å²) in [7, 11) is 0. The smallest absolute Gasteiger partial charge is 0.00864 e. The third kappa shape index (κ3) is 1.26. The number of rotatable bonds is 0. The lowest BCUT2D eigenvalue weighted by Crippen LogP contribution is -2.16. The topological polar surface area (TPSA) is 0 Å². The fraction of sp³-hybridized carbons (Fsp3) is 0.545. The molecule has 0 saturated carbocycles. The lowest BCUT2D eigenvalue weighted by Gasteiger charge is -2.30. The van der Waals surface area contributed by atoms with Crippen LogP contribution in [0, 0.1) is 11.8 Å². The third-order valence-corrected chi connectivity index (χ3v) is 2.75. The molecular weight excluding hydrogens is 132 g/mol. The Labute approximate surface area is 69.0 Å². The molecule has 0 unspecified atom stereocenters. The molecule has 0 amide bonds. The van der Waals surface area contributed by atoms with Gasteiger partial charge in [-0.2, -0.15) is 0 Å². The standard InChI is InChI=1S/C11H15/c1-11(2)7-6-9-4-3-5-10(9)8-11/h3-5H,6-8H2,1-2H3. The fourth-order valence-electron chi connectivity index (χ4n) is 1.99. The first-order chi connectivity index (χ1) is 5.17. The van der Waals surface area contributed by atoms with Crippen molar-refractivity contribution in [3.05, 3.63) is 29.7 Å². The second-order valence-electron chi connectivity index (χ2n) is 4.42. The molecule has 0 aliphatic heterocycles. The molecule has 0 atom stereocenters. The van der Waals surface area contributed by atoms with Gasteiger partial charge in [-0.05, 0) is 30.3 Å². The highest BCUT2D eigenvalue weighted by Gasteiger charge is 2.26. The minimum atomic E-state index is 0.543. The van der Waals surface area contributed by atoms with Gasteiger partial charge in [-0.25, -0.2) is 0 Å². The average Bonchev–Trinajstić information content (AvgIpc) is 2.31. The fourth-order valence-corrected chi connectivity index (χ4v) is 1.99. The molecule has 0 fully saturated rings. The second kappa shape index (κ2) is 2.23. The molecule has 59 valence electrons. The van der Waals surface area contributed by atoms with Gasteiger partial charge in [0.05, 0.1) is 0 Å². The van der Waals surface area contributed by atoms with Crippen LogP contribution in [0.15, 0.2) is 23.3 Å². The van der Waals surface area contributed by atoms with Crippen molar-refractivity contribution in [3.63, 3.8) is 0 Å². The van der Waals surface area contributed by atoms with E-state index in [0.717, 1.165) is 0 Å². The molecule has 0 aromatic heterocycles. The number of hydrogen-bond donors (Lipinski definition) is 0. The van der Waals surface area contributed by atoms with Crippen LogP contribution in [-0.4, -0.2) is 0 Å². The van der Waals surface area contributed by atoms with Crippen LogP contribution in [0.2, 0.25) is 0 Å². The molecule has 11 heavy (non-hydrogen) atoms. The Morgan fingerprint density at radius 3 is 2.91 bits per heavy atom. The van der Waals surface area contributed by atoms with E-state index in [1.54, 1.807) is 11.1 Å². The van der Waals surface area contributed by atoms with Crippen molar-refractivity contribution in [2.45, 2.75) is 33.1 Å². The van der Waals surface area contributed by atoms with E-state index in [0.29, 0.717) is 5.41 Å². The van der Waals surface area contributed by atoms with Crippen molar-refractivity contribution in [1.82, 2.24) is 0 Å². The van der Waals surface area contributed by atoms with E-state index >= 15 is 0 Å². The van der Waals surface area contributed by atoms with E-state index in [1.165, 1.54) is 19.3 Å². The lowest BCUT2D eigenvalue weighted by molar-refractivity contribution is 0.319. The Balaban J connectivity index is 2.22. The molecule has 0 nitrogen and oxygen atoms in total. The largest absolute Gasteiger partial charge is 0.0761 e. The predicted molar refractivity (Wildman–Crippen MR) is 48.1 cm³/mol. The van der Waals surface area contributed by atoms with Crippen LogP contribution in [0.25, 0.3) is 0 Å². The van der Waals surface area contributed by atoms with Gasteiger partial charge in [-0.1, -0.05) is 31.6 Å². The van der Waals surface area contributed by atoms with Crippen molar-refractivity contribution < 1.29 is 0 Å². The summed E-state index contributed by atoms with van der Waals surface area (Å²) in [5.74, 6) is 0. The van der Waals surface area contributed by atoms with Crippen LogP contribution >= 0.6 is 0 Å². The van der Waals surface area contributed by atoms with Crippen LogP contribution in [-0.2, 0) is 0 Å². The molecule has 2 aliphatic rings. The van der Waals surface area contributed by atoms with E-state index < -0.39 is 0 Å². The quantitative estimate of drug-likeness (QED) is 0.493. The summed E-state index contributed by atoms with van der Waals surface area (Å²) < 4.78 is 0. The summed E-state index contributed by atoms with van der Waals surface area (Å²) in [5, 5.41) is 0. The van der Waals surface area contributed by atoms with Crippen molar-refractivity contribution in [3.8, 4) is 0 Å². The summed E-state index contributed by atoms with van der Waals surface area (Å²) in [6.07, 6.45) is 10.6. The highest BCUT2D eigenvalue weighted by Crippen LogP contribution is 2.41. The minimum Gasteiger partial charge on any atom is -0.0761 e. The van der Waals surface area contributed by atoms with E-state index in [1.807, 2.05) is 0 Å². The van der Waals surface area contributed by atoms with Gasteiger partial charge in [-0.15, -0.1) is 0 Å². The molecule has 0 aromatic carbocycles. The maximum absolute atomic E-state index is 2.36. The first kappa shape index (κ1) is 7.15. The van der Waals surface area contributed by atoms with Crippen molar-refractivity contribution >= 4 is 0 Å². The van der Waals surface area contributed by atoms with Gasteiger partial charge in [-0.3, -0.25) is 0 Å². The minimum absolute atomic E-state index is 0.543. The Morgan fingerprint density at radius 1 is 1.27 bits per heavy atom.